The van der Waals surface area contributed by atoms with Gasteiger partial charge in [-0.3, -0.25) is 9.59 Å². The van der Waals surface area contributed by atoms with Crippen LogP contribution in [0.15, 0.2) is 60.7 Å². The average Bonchev–Trinajstić information content (AvgIpc) is 2.65. The Morgan fingerprint density at radius 3 is 2.28 bits per heavy atom. The first-order chi connectivity index (χ1) is 12.0. The number of benzene rings is 2. The number of Topliss-reactive ketones (excluding diaryl/α,β-unsaturated/α-hetero) is 2. The van der Waals surface area contributed by atoms with Crippen molar-refractivity contribution in [3.63, 3.8) is 0 Å². The predicted octanol–water partition coefficient (Wildman–Crippen LogP) is 3.36. The van der Waals surface area contributed by atoms with Crippen molar-refractivity contribution in [2.45, 2.75) is 31.5 Å². The van der Waals surface area contributed by atoms with Crippen LogP contribution in [0, 0.1) is 5.92 Å². The number of carbonyl (C=O) groups is 2. The lowest BCUT2D eigenvalue weighted by molar-refractivity contribution is -0.173. The van der Waals surface area contributed by atoms with E-state index >= 15 is 0 Å². The summed E-state index contributed by atoms with van der Waals surface area (Å²) in [6.07, 6.45) is 0.320. The molecule has 1 saturated heterocycles. The second-order valence-electron chi connectivity index (χ2n) is 6.62. The normalized spacial score (nSPS) is 26.2. The van der Waals surface area contributed by atoms with Crippen molar-refractivity contribution in [2.24, 2.45) is 5.92 Å². The number of ether oxygens (including phenoxy) is 1. The highest BCUT2D eigenvalue weighted by Crippen LogP contribution is 2.40. The number of rotatable bonds is 5. The van der Waals surface area contributed by atoms with Gasteiger partial charge >= 0.3 is 0 Å². The van der Waals surface area contributed by atoms with Crippen molar-refractivity contribution in [3.8, 4) is 0 Å². The topological polar surface area (TPSA) is 63.6 Å². The predicted molar refractivity (Wildman–Crippen MR) is 94.3 cm³/mol. The zero-order valence-corrected chi connectivity index (χ0v) is 14.2. The van der Waals surface area contributed by atoms with E-state index in [-0.39, 0.29) is 30.7 Å². The maximum atomic E-state index is 12.6. The Kier molecular flexibility index (Phi) is 5.11. The molecule has 0 spiro atoms. The smallest absolute Gasteiger partial charge is 0.163 e. The molecule has 4 heteroatoms. The molecule has 0 saturated carbocycles. The van der Waals surface area contributed by atoms with E-state index in [0.29, 0.717) is 12.0 Å². The summed E-state index contributed by atoms with van der Waals surface area (Å²) in [5.41, 5.74) is -0.0307. The molecule has 3 rings (SSSR count). The van der Waals surface area contributed by atoms with E-state index in [1.54, 1.807) is 24.3 Å². The molecule has 0 radical (unpaired) electrons. The first kappa shape index (κ1) is 17.5. The van der Waals surface area contributed by atoms with E-state index < -0.39 is 11.5 Å². The summed E-state index contributed by atoms with van der Waals surface area (Å²) < 4.78 is 5.78. The zero-order valence-electron chi connectivity index (χ0n) is 14.2. The third kappa shape index (κ3) is 3.70. The van der Waals surface area contributed by atoms with E-state index in [9.17, 15) is 14.7 Å². The molecule has 0 unspecified atom stereocenters. The lowest BCUT2D eigenvalue weighted by atomic mass is 9.75. The van der Waals surface area contributed by atoms with E-state index in [2.05, 4.69) is 0 Å². The van der Waals surface area contributed by atoms with Crippen LogP contribution in [0.5, 0.6) is 0 Å². The number of hydrogen-bond donors (Lipinski definition) is 1. The van der Waals surface area contributed by atoms with Crippen molar-refractivity contribution in [3.05, 3.63) is 71.8 Å². The Morgan fingerprint density at radius 1 is 1.08 bits per heavy atom. The first-order valence-corrected chi connectivity index (χ1v) is 8.49. The molecule has 0 aromatic heterocycles. The van der Waals surface area contributed by atoms with Crippen molar-refractivity contribution < 1.29 is 19.4 Å². The van der Waals surface area contributed by atoms with Crippen LogP contribution in [-0.4, -0.2) is 28.9 Å². The molecule has 1 fully saturated rings. The van der Waals surface area contributed by atoms with Crippen molar-refractivity contribution in [2.75, 3.05) is 6.61 Å². The van der Waals surface area contributed by atoms with Gasteiger partial charge in [0.05, 0.1) is 12.7 Å². The molecule has 1 aliphatic rings. The molecule has 1 aliphatic heterocycles. The second-order valence-corrected chi connectivity index (χ2v) is 6.62. The Morgan fingerprint density at radius 2 is 1.68 bits per heavy atom. The molecule has 0 bridgehead atoms. The number of hydrogen-bond acceptors (Lipinski definition) is 4. The van der Waals surface area contributed by atoms with Crippen molar-refractivity contribution in [1.29, 1.82) is 0 Å². The molecule has 0 amide bonds. The molecular weight excluding hydrogens is 316 g/mol. The summed E-state index contributed by atoms with van der Waals surface area (Å²) in [7, 11) is 0. The fraction of sp³-hybridized carbons (Fsp3) is 0.333. The van der Waals surface area contributed by atoms with Gasteiger partial charge < -0.3 is 9.84 Å². The van der Waals surface area contributed by atoms with E-state index in [4.69, 9.17) is 4.74 Å². The lowest BCUT2D eigenvalue weighted by Crippen LogP contribution is -2.53. The van der Waals surface area contributed by atoms with Gasteiger partial charge in [-0.25, -0.2) is 0 Å². The molecular formula is C21H22O4. The van der Waals surface area contributed by atoms with Gasteiger partial charge in [-0.1, -0.05) is 60.7 Å². The monoisotopic (exact) mass is 338 g/mol. The molecule has 0 aliphatic carbocycles. The highest BCUT2D eigenvalue weighted by molar-refractivity contribution is 5.97. The maximum absolute atomic E-state index is 12.6. The Hall–Kier alpha value is -2.30. The van der Waals surface area contributed by atoms with E-state index in [1.165, 1.54) is 6.92 Å². The largest absolute Gasteiger partial charge is 0.379 e. The molecule has 1 heterocycles. The summed E-state index contributed by atoms with van der Waals surface area (Å²) in [6, 6.07) is 18.7. The Balaban J connectivity index is 1.83. The SMILES string of the molecule is CC(=O)[C@]1(O)CO[C@@H](c2ccccc2)C[C@H]1CC(=O)c1ccccc1. The van der Waals surface area contributed by atoms with Crippen LogP contribution in [0.2, 0.25) is 0 Å². The Labute approximate surface area is 147 Å². The van der Waals surface area contributed by atoms with Crippen LogP contribution < -0.4 is 0 Å². The maximum Gasteiger partial charge on any atom is 0.163 e. The summed E-state index contributed by atoms with van der Waals surface area (Å²) in [5.74, 6) is -0.902. The third-order valence-corrected chi connectivity index (χ3v) is 4.99. The zero-order chi connectivity index (χ0) is 17.9. The van der Waals surface area contributed by atoms with Gasteiger partial charge in [-0.05, 0) is 18.9 Å². The van der Waals surface area contributed by atoms with Gasteiger partial charge in [0, 0.05) is 17.9 Å². The minimum atomic E-state index is -1.62. The first-order valence-electron chi connectivity index (χ1n) is 8.49. The van der Waals surface area contributed by atoms with Gasteiger partial charge in [-0.15, -0.1) is 0 Å². The summed E-state index contributed by atoms with van der Waals surface area (Å²) in [4.78, 5) is 24.7. The number of ketones is 2. The van der Waals surface area contributed by atoms with Gasteiger partial charge in [0.15, 0.2) is 11.6 Å². The fourth-order valence-electron chi connectivity index (χ4n) is 3.37. The van der Waals surface area contributed by atoms with Gasteiger partial charge in [0.1, 0.15) is 5.60 Å². The molecule has 4 nitrogen and oxygen atoms in total. The van der Waals surface area contributed by atoms with Crippen LogP contribution in [0.4, 0.5) is 0 Å². The van der Waals surface area contributed by atoms with Gasteiger partial charge in [0.25, 0.3) is 0 Å². The summed E-state index contributed by atoms with van der Waals surface area (Å²) in [5, 5.41) is 10.8. The molecule has 2 aromatic rings. The average molecular weight is 338 g/mol. The van der Waals surface area contributed by atoms with Crippen LogP contribution >= 0.6 is 0 Å². The van der Waals surface area contributed by atoms with Crippen molar-refractivity contribution in [1.82, 2.24) is 0 Å². The quantitative estimate of drug-likeness (QED) is 0.849. The number of aliphatic hydroxyl groups is 1. The summed E-state index contributed by atoms with van der Waals surface area (Å²) >= 11 is 0. The highest BCUT2D eigenvalue weighted by atomic mass is 16.5. The van der Waals surface area contributed by atoms with Crippen LogP contribution in [0.1, 0.15) is 41.8 Å². The molecule has 2 aromatic carbocycles. The van der Waals surface area contributed by atoms with Crippen LogP contribution in [0.3, 0.4) is 0 Å². The fourth-order valence-corrected chi connectivity index (χ4v) is 3.37. The molecule has 130 valence electrons. The number of carbonyl (C=O) groups excluding carboxylic acids is 2. The standard InChI is InChI=1S/C21H22O4/c1-15(22)21(24)14-25-20(17-10-6-3-7-11-17)13-18(21)12-19(23)16-8-4-2-5-9-16/h2-11,18,20,24H,12-14H2,1H3/t18-,20-,21-/m1/s1. The van der Waals surface area contributed by atoms with Gasteiger partial charge in [-0.2, -0.15) is 0 Å². The van der Waals surface area contributed by atoms with Gasteiger partial charge in [0.2, 0.25) is 0 Å². The Bertz CT molecular complexity index is 741. The van der Waals surface area contributed by atoms with Crippen molar-refractivity contribution >= 4 is 11.6 Å². The molecule has 3 atom stereocenters. The van der Waals surface area contributed by atoms with Crippen LogP contribution in [0.25, 0.3) is 0 Å². The third-order valence-electron chi connectivity index (χ3n) is 4.99. The van der Waals surface area contributed by atoms with E-state index in [0.717, 1.165) is 5.56 Å². The second kappa shape index (κ2) is 7.30. The minimum Gasteiger partial charge on any atom is -0.379 e. The lowest BCUT2D eigenvalue weighted by Gasteiger charge is -2.41. The summed E-state index contributed by atoms with van der Waals surface area (Å²) in [6.45, 7) is 1.26. The molecule has 1 N–H and O–H groups in total. The van der Waals surface area contributed by atoms with Crippen LogP contribution in [-0.2, 0) is 9.53 Å². The van der Waals surface area contributed by atoms with E-state index in [1.807, 2.05) is 36.4 Å². The minimum absolute atomic E-state index is 0.0704. The highest BCUT2D eigenvalue weighted by Gasteiger charge is 2.47. The molecule has 25 heavy (non-hydrogen) atoms.